The molecule has 0 aliphatic rings. The van der Waals surface area contributed by atoms with E-state index < -0.39 is 11.9 Å². The molecule has 0 aliphatic carbocycles. The number of hydrogen-bond acceptors (Lipinski definition) is 7. The van der Waals surface area contributed by atoms with Crippen LogP contribution in [0.4, 0.5) is 0 Å². The van der Waals surface area contributed by atoms with Crippen molar-refractivity contribution >= 4 is 11.9 Å². The fraction of sp³-hybridized carbons (Fsp3) is 0.474. The molecule has 0 aliphatic heterocycles. The van der Waals surface area contributed by atoms with Crippen molar-refractivity contribution in [2.45, 2.75) is 118 Å². The summed E-state index contributed by atoms with van der Waals surface area (Å²) in [5.41, 5.74) is 5.66. The van der Waals surface area contributed by atoms with Crippen LogP contribution in [0.1, 0.15) is 126 Å². The van der Waals surface area contributed by atoms with Crippen molar-refractivity contribution in [1.29, 1.82) is 0 Å². The van der Waals surface area contributed by atoms with E-state index in [4.69, 9.17) is 9.47 Å². The normalized spacial score (nSPS) is 12.2. The molecular formula is C38H50O7. The number of esters is 2. The summed E-state index contributed by atoms with van der Waals surface area (Å²) in [6.07, 6.45) is 0.467. The third kappa shape index (κ3) is 9.03. The molecule has 3 rings (SSSR count). The number of phenols is 3. The van der Waals surface area contributed by atoms with Gasteiger partial charge in [0.15, 0.2) is 0 Å². The first-order chi connectivity index (χ1) is 20.6. The Morgan fingerprint density at radius 2 is 0.711 bits per heavy atom. The molecule has 0 unspecified atom stereocenters. The second-order valence-corrected chi connectivity index (χ2v) is 15.1. The van der Waals surface area contributed by atoms with Gasteiger partial charge in [-0.15, -0.1) is 0 Å². The van der Waals surface area contributed by atoms with Crippen molar-refractivity contribution in [1.82, 2.24) is 0 Å². The van der Waals surface area contributed by atoms with E-state index in [2.05, 4.69) is 62.3 Å². The highest BCUT2D eigenvalue weighted by atomic mass is 16.5. The standard InChI is InChI=1S/C38H50O7/c1-22(39)44-20-28-18-31(37(6,7)8)16-26(34(28)42)12-24-14-30(36(3,4)5)15-25(33(24)41)13-27-17-32(38(9,10)11)19-29(35(27)43)21-45-23(2)40/h14-19,41-43H,12-13,20-21H2,1-11H3. The molecule has 0 atom stereocenters. The highest BCUT2D eigenvalue weighted by Crippen LogP contribution is 2.40. The lowest BCUT2D eigenvalue weighted by Gasteiger charge is -2.25. The van der Waals surface area contributed by atoms with Gasteiger partial charge in [0.25, 0.3) is 0 Å². The van der Waals surface area contributed by atoms with Crippen LogP contribution in [-0.2, 0) is 61.4 Å². The highest BCUT2D eigenvalue weighted by molar-refractivity contribution is 5.66. The Bertz CT molecular complexity index is 1470. The monoisotopic (exact) mass is 618 g/mol. The smallest absolute Gasteiger partial charge is 0.302 e. The number of phenolic OH excluding ortho intramolecular Hbond substituents is 3. The lowest BCUT2D eigenvalue weighted by Crippen LogP contribution is -2.15. The van der Waals surface area contributed by atoms with Gasteiger partial charge in [-0.05, 0) is 67.3 Å². The zero-order valence-corrected chi connectivity index (χ0v) is 28.8. The average Bonchev–Trinajstić information content (AvgIpc) is 2.89. The van der Waals surface area contributed by atoms with Crippen LogP contribution in [0.15, 0.2) is 36.4 Å². The van der Waals surface area contributed by atoms with E-state index >= 15 is 0 Å². The van der Waals surface area contributed by atoms with Crippen LogP contribution >= 0.6 is 0 Å². The van der Waals surface area contributed by atoms with Gasteiger partial charge < -0.3 is 24.8 Å². The van der Waals surface area contributed by atoms with Gasteiger partial charge >= 0.3 is 11.9 Å². The van der Waals surface area contributed by atoms with Crippen LogP contribution in [0.25, 0.3) is 0 Å². The molecule has 0 saturated heterocycles. The number of rotatable bonds is 8. The van der Waals surface area contributed by atoms with Gasteiger partial charge in [0.2, 0.25) is 0 Å². The highest BCUT2D eigenvalue weighted by Gasteiger charge is 2.25. The number of aromatic hydroxyl groups is 3. The summed E-state index contributed by atoms with van der Waals surface area (Å²) in [6, 6.07) is 11.5. The average molecular weight is 619 g/mol. The third-order valence-corrected chi connectivity index (χ3v) is 8.03. The minimum atomic E-state index is -0.438. The Labute approximate surface area is 268 Å². The molecule has 3 aromatic rings. The maximum absolute atomic E-state index is 11.7. The van der Waals surface area contributed by atoms with Crippen molar-refractivity contribution in [3.8, 4) is 17.2 Å². The molecule has 3 aromatic carbocycles. The van der Waals surface area contributed by atoms with Gasteiger partial charge in [0.05, 0.1) is 0 Å². The Morgan fingerprint density at radius 3 is 0.933 bits per heavy atom. The molecule has 244 valence electrons. The summed E-state index contributed by atoms with van der Waals surface area (Å²) in [5.74, 6) is -0.750. The quantitative estimate of drug-likeness (QED) is 0.219. The van der Waals surface area contributed by atoms with E-state index in [1.165, 1.54) is 13.8 Å². The van der Waals surface area contributed by atoms with Gasteiger partial charge in [0.1, 0.15) is 30.5 Å². The maximum Gasteiger partial charge on any atom is 0.302 e. The molecule has 0 radical (unpaired) electrons. The second-order valence-electron chi connectivity index (χ2n) is 15.1. The minimum Gasteiger partial charge on any atom is -0.507 e. The van der Waals surface area contributed by atoms with Crippen molar-refractivity contribution in [3.05, 3.63) is 86.5 Å². The zero-order valence-electron chi connectivity index (χ0n) is 28.8. The molecule has 0 bridgehead atoms. The molecule has 0 amide bonds. The molecule has 0 spiro atoms. The van der Waals surface area contributed by atoms with Crippen LogP contribution in [0.2, 0.25) is 0 Å². The van der Waals surface area contributed by atoms with Crippen LogP contribution in [0, 0.1) is 0 Å². The first-order valence-corrected chi connectivity index (χ1v) is 15.4. The van der Waals surface area contributed by atoms with Crippen molar-refractivity contribution in [2.24, 2.45) is 0 Å². The molecule has 0 fully saturated rings. The Kier molecular flexibility index (Phi) is 10.4. The van der Waals surface area contributed by atoms with Crippen LogP contribution in [-0.4, -0.2) is 27.3 Å². The molecule has 0 saturated carbocycles. The summed E-state index contributed by atoms with van der Waals surface area (Å²) < 4.78 is 10.5. The maximum atomic E-state index is 11.7. The van der Waals surface area contributed by atoms with Gasteiger partial charge in [-0.1, -0.05) is 86.6 Å². The predicted molar refractivity (Wildman–Crippen MR) is 177 cm³/mol. The van der Waals surface area contributed by atoms with Crippen molar-refractivity contribution in [3.63, 3.8) is 0 Å². The number of benzene rings is 3. The van der Waals surface area contributed by atoms with E-state index in [-0.39, 0.29) is 59.5 Å². The largest absolute Gasteiger partial charge is 0.507 e. The predicted octanol–water partition coefficient (Wildman–Crippen LogP) is 8.00. The number of hydrogen-bond donors (Lipinski definition) is 3. The fourth-order valence-electron chi connectivity index (χ4n) is 5.11. The van der Waals surface area contributed by atoms with Gasteiger partial charge in [0, 0.05) is 37.8 Å². The number of ether oxygens (including phenoxy) is 2. The number of carbonyl (C=O) groups is 2. The first kappa shape index (κ1) is 35.5. The van der Waals surface area contributed by atoms with Crippen molar-refractivity contribution in [2.75, 3.05) is 0 Å². The molecule has 7 nitrogen and oxygen atoms in total. The minimum absolute atomic E-state index is 0.0250. The molecule has 3 N–H and O–H groups in total. The molecule has 7 heteroatoms. The lowest BCUT2D eigenvalue weighted by atomic mass is 9.81. The van der Waals surface area contributed by atoms with E-state index in [9.17, 15) is 24.9 Å². The molecule has 0 heterocycles. The van der Waals surface area contributed by atoms with Crippen LogP contribution in [0.5, 0.6) is 17.2 Å². The Hall–Kier alpha value is -4.00. The Morgan fingerprint density at radius 1 is 0.489 bits per heavy atom. The van der Waals surface area contributed by atoms with E-state index in [0.717, 1.165) is 16.7 Å². The molecular weight excluding hydrogens is 568 g/mol. The van der Waals surface area contributed by atoms with Gasteiger partial charge in [-0.3, -0.25) is 9.59 Å². The van der Waals surface area contributed by atoms with Crippen LogP contribution < -0.4 is 0 Å². The van der Waals surface area contributed by atoms with Crippen LogP contribution in [0.3, 0.4) is 0 Å². The van der Waals surface area contributed by atoms with Crippen molar-refractivity contribution < 1.29 is 34.4 Å². The first-order valence-electron chi connectivity index (χ1n) is 15.4. The fourth-order valence-corrected chi connectivity index (χ4v) is 5.11. The zero-order chi connectivity index (χ0) is 34.1. The Balaban J connectivity index is 2.20. The van der Waals surface area contributed by atoms with E-state index in [1.54, 1.807) is 0 Å². The molecule has 0 aromatic heterocycles. The summed E-state index contributed by atoms with van der Waals surface area (Å²) in [7, 11) is 0. The summed E-state index contributed by atoms with van der Waals surface area (Å²) in [4.78, 5) is 23.1. The molecule has 45 heavy (non-hydrogen) atoms. The number of carbonyl (C=O) groups excluding carboxylic acids is 2. The van der Waals surface area contributed by atoms with Gasteiger partial charge in [-0.2, -0.15) is 0 Å². The second kappa shape index (κ2) is 13.2. The summed E-state index contributed by atoms with van der Waals surface area (Å²) in [5, 5.41) is 34.3. The topological polar surface area (TPSA) is 113 Å². The SMILES string of the molecule is CC(=O)OCc1cc(C(C)(C)C)cc(Cc2cc(C(C)(C)C)cc(Cc3cc(C(C)(C)C)cc(COC(C)=O)c3O)c2O)c1O. The summed E-state index contributed by atoms with van der Waals surface area (Å²) in [6.45, 7) is 21.3. The van der Waals surface area contributed by atoms with E-state index in [0.29, 0.717) is 33.4 Å². The summed E-state index contributed by atoms with van der Waals surface area (Å²) >= 11 is 0. The van der Waals surface area contributed by atoms with Gasteiger partial charge in [-0.25, -0.2) is 0 Å². The van der Waals surface area contributed by atoms with E-state index in [1.807, 2.05) is 36.4 Å². The third-order valence-electron chi connectivity index (χ3n) is 8.03. The lowest BCUT2D eigenvalue weighted by molar-refractivity contribution is -0.143.